The number of piperidine rings is 1. The molecule has 2 N–H and O–H groups in total. The number of hydrogen-bond acceptors (Lipinski definition) is 6. The number of rotatable bonds is 4. The van der Waals surface area contributed by atoms with E-state index in [4.69, 9.17) is 0 Å². The van der Waals surface area contributed by atoms with Gasteiger partial charge in [-0.15, -0.1) is 11.3 Å². The summed E-state index contributed by atoms with van der Waals surface area (Å²) < 4.78 is 0. The molecule has 0 bridgehead atoms. The van der Waals surface area contributed by atoms with Crippen LogP contribution in [-0.2, 0) is 0 Å². The van der Waals surface area contributed by atoms with Crippen molar-refractivity contribution in [2.24, 2.45) is 5.92 Å². The van der Waals surface area contributed by atoms with Crippen molar-refractivity contribution in [1.29, 1.82) is 0 Å². The lowest BCUT2D eigenvalue weighted by molar-refractivity contribution is -0.384. The topological polar surface area (TPSA) is 97.2 Å². The molecule has 2 heterocycles. The van der Waals surface area contributed by atoms with Gasteiger partial charge in [0.2, 0.25) is 0 Å². The Morgan fingerprint density at radius 2 is 2.17 bits per heavy atom. The summed E-state index contributed by atoms with van der Waals surface area (Å²) in [7, 11) is 0. The van der Waals surface area contributed by atoms with Crippen LogP contribution in [0.3, 0.4) is 0 Å². The molecule has 8 heteroatoms. The number of carbonyl (C=O) groups excluding carboxylic acids is 1. The van der Waals surface area contributed by atoms with Gasteiger partial charge in [-0.2, -0.15) is 0 Å². The SMILES string of the molecule is CC1CNCCC1NC(=O)c1csc(-c2ccc([N+](=O)[O-])cc2)n1. The lowest BCUT2D eigenvalue weighted by Gasteiger charge is -2.29. The number of non-ortho nitro benzene ring substituents is 1. The molecule has 0 spiro atoms. The fourth-order valence-corrected chi connectivity index (χ4v) is 3.51. The summed E-state index contributed by atoms with van der Waals surface area (Å²) in [6, 6.07) is 6.32. The molecule has 7 nitrogen and oxygen atoms in total. The van der Waals surface area contributed by atoms with Crippen LogP contribution in [0.4, 0.5) is 5.69 Å². The highest BCUT2D eigenvalue weighted by Gasteiger charge is 2.24. The number of benzene rings is 1. The molecule has 1 aliphatic rings. The van der Waals surface area contributed by atoms with Crippen LogP contribution in [0.15, 0.2) is 29.6 Å². The van der Waals surface area contributed by atoms with Crippen LogP contribution in [0.2, 0.25) is 0 Å². The van der Waals surface area contributed by atoms with Crippen LogP contribution < -0.4 is 10.6 Å². The first-order valence-electron chi connectivity index (χ1n) is 7.76. The normalized spacial score (nSPS) is 20.5. The number of nitro benzene ring substituents is 1. The highest BCUT2D eigenvalue weighted by molar-refractivity contribution is 7.13. The van der Waals surface area contributed by atoms with Crippen molar-refractivity contribution in [2.45, 2.75) is 19.4 Å². The summed E-state index contributed by atoms with van der Waals surface area (Å²) in [6.45, 7) is 3.91. The standard InChI is InChI=1S/C16H18N4O3S/c1-10-8-17-7-6-13(10)18-15(21)14-9-24-16(19-14)11-2-4-12(5-3-11)20(22)23/h2-5,9-10,13,17H,6-8H2,1H3,(H,18,21). The maximum Gasteiger partial charge on any atom is 0.271 e. The van der Waals surface area contributed by atoms with Crippen LogP contribution in [0.25, 0.3) is 10.6 Å². The van der Waals surface area contributed by atoms with Crippen molar-refractivity contribution >= 4 is 22.9 Å². The first-order chi connectivity index (χ1) is 11.5. The number of carbonyl (C=O) groups is 1. The highest BCUT2D eigenvalue weighted by Crippen LogP contribution is 2.26. The van der Waals surface area contributed by atoms with Crippen LogP contribution >= 0.6 is 11.3 Å². The summed E-state index contributed by atoms with van der Waals surface area (Å²) in [4.78, 5) is 27.0. The number of nitrogens with one attached hydrogen (secondary N) is 2. The Morgan fingerprint density at radius 1 is 1.42 bits per heavy atom. The van der Waals surface area contributed by atoms with E-state index in [2.05, 4.69) is 22.5 Å². The zero-order valence-corrected chi connectivity index (χ0v) is 14.0. The quantitative estimate of drug-likeness (QED) is 0.655. The predicted octanol–water partition coefficient (Wildman–Crippen LogP) is 2.45. The average Bonchev–Trinajstić information content (AvgIpc) is 3.07. The molecule has 1 amide bonds. The van der Waals surface area contributed by atoms with E-state index in [9.17, 15) is 14.9 Å². The van der Waals surface area contributed by atoms with E-state index in [1.807, 2.05) is 0 Å². The van der Waals surface area contributed by atoms with Crippen molar-refractivity contribution in [2.75, 3.05) is 13.1 Å². The molecule has 2 aromatic rings. The molecule has 1 aliphatic heterocycles. The molecule has 0 aliphatic carbocycles. The highest BCUT2D eigenvalue weighted by atomic mass is 32.1. The zero-order chi connectivity index (χ0) is 17.1. The molecule has 1 fully saturated rings. The first-order valence-corrected chi connectivity index (χ1v) is 8.64. The van der Waals surface area contributed by atoms with Gasteiger partial charge in [0.1, 0.15) is 10.7 Å². The van der Waals surface area contributed by atoms with E-state index in [1.54, 1.807) is 17.5 Å². The van der Waals surface area contributed by atoms with Crippen molar-refractivity contribution in [1.82, 2.24) is 15.6 Å². The second-order valence-electron chi connectivity index (χ2n) is 5.89. The Labute approximate surface area is 143 Å². The molecule has 2 unspecified atom stereocenters. The molecule has 126 valence electrons. The van der Waals surface area contributed by atoms with E-state index < -0.39 is 4.92 Å². The summed E-state index contributed by atoms with van der Waals surface area (Å²) in [5, 5.41) is 19.4. The minimum atomic E-state index is -0.440. The monoisotopic (exact) mass is 346 g/mol. The Hall–Kier alpha value is -2.32. The van der Waals surface area contributed by atoms with Gasteiger partial charge >= 0.3 is 0 Å². The van der Waals surface area contributed by atoms with E-state index in [-0.39, 0.29) is 17.6 Å². The maximum atomic E-state index is 12.4. The second kappa shape index (κ2) is 7.06. The van der Waals surface area contributed by atoms with Gasteiger partial charge in [0.15, 0.2) is 0 Å². The van der Waals surface area contributed by atoms with Gasteiger partial charge in [0.05, 0.1) is 4.92 Å². The Kier molecular flexibility index (Phi) is 4.86. The van der Waals surface area contributed by atoms with E-state index >= 15 is 0 Å². The molecule has 0 saturated carbocycles. The predicted molar refractivity (Wildman–Crippen MR) is 92.1 cm³/mol. The number of hydrogen-bond donors (Lipinski definition) is 2. The maximum absolute atomic E-state index is 12.4. The number of nitrogens with zero attached hydrogens (tertiary/aromatic N) is 2. The largest absolute Gasteiger partial charge is 0.348 e. The van der Waals surface area contributed by atoms with Crippen LogP contribution in [0.1, 0.15) is 23.8 Å². The van der Waals surface area contributed by atoms with Gasteiger partial charge in [-0.05, 0) is 37.6 Å². The van der Waals surface area contributed by atoms with Gasteiger partial charge in [-0.25, -0.2) is 4.98 Å². The fourth-order valence-electron chi connectivity index (χ4n) is 2.71. The number of nitro groups is 1. The molecular weight excluding hydrogens is 328 g/mol. The smallest absolute Gasteiger partial charge is 0.271 e. The minimum absolute atomic E-state index is 0.0353. The van der Waals surface area contributed by atoms with E-state index in [1.165, 1.54) is 23.5 Å². The average molecular weight is 346 g/mol. The van der Waals surface area contributed by atoms with E-state index in [0.29, 0.717) is 16.6 Å². The third-order valence-corrected chi connectivity index (χ3v) is 5.06. The van der Waals surface area contributed by atoms with Gasteiger partial charge in [0.25, 0.3) is 11.6 Å². The molecule has 1 saturated heterocycles. The molecule has 1 aromatic heterocycles. The third-order valence-electron chi connectivity index (χ3n) is 4.16. The van der Waals surface area contributed by atoms with Crippen molar-refractivity contribution in [3.63, 3.8) is 0 Å². The van der Waals surface area contributed by atoms with Gasteiger partial charge in [-0.1, -0.05) is 6.92 Å². The summed E-state index contributed by atoms with van der Waals surface area (Å²) in [6.07, 6.45) is 0.909. The molecule has 2 atom stereocenters. The zero-order valence-electron chi connectivity index (χ0n) is 13.2. The molecular formula is C16H18N4O3S. The fraction of sp³-hybridized carbons (Fsp3) is 0.375. The van der Waals surface area contributed by atoms with Gasteiger partial charge < -0.3 is 10.6 Å². The summed E-state index contributed by atoms with van der Waals surface area (Å²) >= 11 is 1.35. The molecule has 3 rings (SSSR count). The van der Waals surface area contributed by atoms with E-state index in [0.717, 1.165) is 25.1 Å². The number of aromatic nitrogens is 1. The molecule has 1 aromatic carbocycles. The molecule has 0 radical (unpaired) electrons. The second-order valence-corrected chi connectivity index (χ2v) is 6.75. The Balaban J connectivity index is 1.70. The Bertz CT molecular complexity index is 744. The summed E-state index contributed by atoms with van der Waals surface area (Å²) in [5.41, 5.74) is 1.19. The van der Waals surface area contributed by atoms with Crippen LogP contribution in [0.5, 0.6) is 0 Å². The first kappa shape index (κ1) is 16.5. The molecule has 24 heavy (non-hydrogen) atoms. The minimum Gasteiger partial charge on any atom is -0.348 e. The number of thiazole rings is 1. The number of amides is 1. The third kappa shape index (κ3) is 3.60. The summed E-state index contributed by atoms with van der Waals surface area (Å²) in [5.74, 6) is 0.216. The van der Waals surface area contributed by atoms with Crippen molar-refractivity contribution < 1.29 is 9.72 Å². The lowest BCUT2D eigenvalue weighted by atomic mass is 9.95. The van der Waals surface area contributed by atoms with Gasteiger partial charge in [-0.3, -0.25) is 14.9 Å². The lowest BCUT2D eigenvalue weighted by Crippen LogP contribution is -2.48. The van der Waals surface area contributed by atoms with Crippen molar-refractivity contribution in [3.05, 3.63) is 45.5 Å². The van der Waals surface area contributed by atoms with Crippen LogP contribution in [-0.4, -0.2) is 34.9 Å². The van der Waals surface area contributed by atoms with Gasteiger partial charge in [0, 0.05) is 29.1 Å². The van der Waals surface area contributed by atoms with Crippen molar-refractivity contribution in [3.8, 4) is 10.6 Å². The van der Waals surface area contributed by atoms with Crippen LogP contribution in [0, 0.1) is 16.0 Å². The Morgan fingerprint density at radius 3 is 2.83 bits per heavy atom.